The predicted octanol–water partition coefficient (Wildman–Crippen LogP) is 5.72. The van der Waals surface area contributed by atoms with Crippen LogP contribution in [0.25, 0.3) is 0 Å². The second-order valence-electron chi connectivity index (χ2n) is 3.40. The van der Waals surface area contributed by atoms with E-state index < -0.39 is 22.3 Å². The molecule has 0 aliphatic rings. The van der Waals surface area contributed by atoms with Crippen molar-refractivity contribution in [3.63, 3.8) is 0 Å². The maximum atomic E-state index is 13.3. The van der Waals surface area contributed by atoms with Gasteiger partial charge < -0.3 is 4.74 Å². The summed E-state index contributed by atoms with van der Waals surface area (Å²) in [6, 6.07) is 8.25. The fraction of sp³-hybridized carbons (Fsp3) is 0.250. The molecular formula is C16H19F2NO3. The molecule has 0 heterocycles. The number of halogens is 2. The van der Waals surface area contributed by atoms with Gasteiger partial charge in [0, 0.05) is 12.1 Å². The molecule has 4 nitrogen and oxygen atoms in total. The highest BCUT2D eigenvalue weighted by Crippen LogP contribution is 2.28. The number of nitrogens with zero attached hydrogens (tertiary/aromatic N) is 1. The average Bonchev–Trinajstić information content (AvgIpc) is 2.55. The lowest BCUT2D eigenvalue weighted by atomic mass is 10.3. The number of hydrogen-bond acceptors (Lipinski definition) is 3. The van der Waals surface area contributed by atoms with E-state index in [1.54, 1.807) is 0 Å². The maximum Gasteiger partial charge on any atom is 0.269 e. The maximum absolute atomic E-state index is 13.3. The highest BCUT2D eigenvalue weighted by atomic mass is 19.1. The highest BCUT2D eigenvalue weighted by Gasteiger charge is 2.11. The Kier molecular flexibility index (Phi) is 9.09. The third kappa shape index (κ3) is 5.47. The molecule has 0 N–H and O–H groups in total. The summed E-state index contributed by atoms with van der Waals surface area (Å²) >= 11 is 0. The Labute approximate surface area is 128 Å². The molecule has 0 aliphatic heterocycles. The van der Waals surface area contributed by atoms with Crippen LogP contribution in [0.15, 0.2) is 42.5 Å². The Balaban J connectivity index is 0.00000102. The number of nitro benzene ring substituents is 1. The van der Waals surface area contributed by atoms with Crippen molar-refractivity contribution in [2.24, 2.45) is 0 Å². The summed E-state index contributed by atoms with van der Waals surface area (Å²) in [5, 5.41) is 10.4. The monoisotopic (exact) mass is 311 g/mol. The lowest BCUT2D eigenvalue weighted by molar-refractivity contribution is -0.384. The smallest absolute Gasteiger partial charge is 0.269 e. The van der Waals surface area contributed by atoms with Crippen LogP contribution in [0, 0.1) is 21.7 Å². The van der Waals surface area contributed by atoms with Gasteiger partial charge in [0.15, 0.2) is 17.4 Å². The number of para-hydroxylation sites is 1. The first-order valence-corrected chi connectivity index (χ1v) is 6.94. The minimum atomic E-state index is -0.839. The molecule has 0 saturated heterocycles. The zero-order valence-electron chi connectivity index (χ0n) is 13.0. The summed E-state index contributed by atoms with van der Waals surface area (Å²) in [5.41, 5.74) is -0.128. The molecule has 2 aromatic carbocycles. The summed E-state index contributed by atoms with van der Waals surface area (Å²) in [6.45, 7) is 8.00. The zero-order chi connectivity index (χ0) is 17.1. The molecule has 0 spiro atoms. The highest BCUT2D eigenvalue weighted by molar-refractivity contribution is 5.39. The third-order valence-corrected chi connectivity index (χ3v) is 2.19. The van der Waals surface area contributed by atoms with E-state index in [-0.39, 0.29) is 11.4 Å². The quantitative estimate of drug-likeness (QED) is 0.538. The van der Waals surface area contributed by atoms with E-state index in [1.807, 2.05) is 27.7 Å². The molecule has 2 rings (SSSR count). The topological polar surface area (TPSA) is 52.4 Å². The fourth-order valence-electron chi connectivity index (χ4n) is 1.33. The predicted molar refractivity (Wildman–Crippen MR) is 82.2 cm³/mol. The van der Waals surface area contributed by atoms with E-state index in [1.165, 1.54) is 30.3 Å². The molecule has 0 radical (unpaired) electrons. The molecular weight excluding hydrogens is 292 g/mol. The molecule has 0 aromatic heterocycles. The number of ether oxygens (including phenoxy) is 1. The van der Waals surface area contributed by atoms with Gasteiger partial charge in [-0.3, -0.25) is 10.1 Å². The van der Waals surface area contributed by atoms with E-state index in [2.05, 4.69) is 0 Å². The number of benzene rings is 2. The molecule has 22 heavy (non-hydrogen) atoms. The third-order valence-electron chi connectivity index (χ3n) is 2.19. The van der Waals surface area contributed by atoms with Crippen molar-refractivity contribution < 1.29 is 18.4 Å². The van der Waals surface area contributed by atoms with Gasteiger partial charge in [-0.15, -0.1) is 0 Å². The summed E-state index contributed by atoms with van der Waals surface area (Å²) < 4.78 is 31.5. The summed E-state index contributed by atoms with van der Waals surface area (Å²) in [6.07, 6.45) is 0. The van der Waals surface area contributed by atoms with E-state index in [4.69, 9.17) is 4.74 Å². The Bertz CT molecular complexity index is 566. The second-order valence-corrected chi connectivity index (χ2v) is 3.40. The van der Waals surface area contributed by atoms with E-state index in [9.17, 15) is 18.9 Å². The summed E-state index contributed by atoms with van der Waals surface area (Å²) in [5.74, 6) is -2.10. The van der Waals surface area contributed by atoms with Crippen molar-refractivity contribution in [3.8, 4) is 11.5 Å². The van der Waals surface area contributed by atoms with Crippen LogP contribution in [-0.4, -0.2) is 4.92 Å². The number of hydrogen-bond donors (Lipinski definition) is 0. The van der Waals surface area contributed by atoms with Crippen LogP contribution in [0.2, 0.25) is 0 Å². The van der Waals surface area contributed by atoms with Gasteiger partial charge >= 0.3 is 0 Å². The zero-order valence-corrected chi connectivity index (χ0v) is 13.0. The van der Waals surface area contributed by atoms with Gasteiger partial charge in [-0.2, -0.15) is 0 Å². The first-order chi connectivity index (χ1) is 10.6. The normalized spacial score (nSPS) is 8.82. The Morgan fingerprint density at radius 3 is 1.77 bits per heavy atom. The molecule has 6 heteroatoms. The van der Waals surface area contributed by atoms with Gasteiger partial charge in [-0.1, -0.05) is 33.8 Å². The van der Waals surface area contributed by atoms with Crippen LogP contribution < -0.4 is 4.74 Å². The molecule has 2 aromatic rings. The van der Waals surface area contributed by atoms with Crippen LogP contribution in [-0.2, 0) is 0 Å². The molecule has 0 fully saturated rings. The van der Waals surface area contributed by atoms with Gasteiger partial charge in [0.1, 0.15) is 5.75 Å². The van der Waals surface area contributed by atoms with E-state index >= 15 is 0 Å². The first-order valence-electron chi connectivity index (χ1n) is 6.94. The SMILES string of the molecule is CC.CC.O=[N+]([O-])c1ccc(Oc2c(F)cccc2F)cc1. The van der Waals surface area contributed by atoms with Crippen LogP contribution in [0.4, 0.5) is 14.5 Å². The van der Waals surface area contributed by atoms with Crippen molar-refractivity contribution in [3.05, 3.63) is 64.2 Å². The number of rotatable bonds is 3. The van der Waals surface area contributed by atoms with Crippen LogP contribution in [0.5, 0.6) is 11.5 Å². The lowest BCUT2D eigenvalue weighted by Crippen LogP contribution is -1.93. The lowest BCUT2D eigenvalue weighted by Gasteiger charge is -2.07. The van der Waals surface area contributed by atoms with E-state index in [0.717, 1.165) is 12.1 Å². The van der Waals surface area contributed by atoms with Crippen molar-refractivity contribution in [1.82, 2.24) is 0 Å². The van der Waals surface area contributed by atoms with Gasteiger partial charge in [-0.05, 0) is 24.3 Å². The molecule has 0 aliphatic carbocycles. The largest absolute Gasteiger partial charge is 0.451 e. The van der Waals surface area contributed by atoms with Crippen molar-refractivity contribution >= 4 is 5.69 Å². The Hall–Kier alpha value is -2.50. The fourth-order valence-corrected chi connectivity index (χ4v) is 1.33. The molecule has 0 atom stereocenters. The summed E-state index contributed by atoms with van der Waals surface area (Å²) in [4.78, 5) is 9.85. The Morgan fingerprint density at radius 1 is 0.909 bits per heavy atom. The second kappa shape index (κ2) is 10.3. The minimum absolute atomic E-state index is 0.115. The molecule has 0 unspecified atom stereocenters. The Morgan fingerprint density at radius 2 is 1.36 bits per heavy atom. The number of non-ortho nitro benzene ring substituents is 1. The molecule has 120 valence electrons. The van der Waals surface area contributed by atoms with Crippen LogP contribution in [0.3, 0.4) is 0 Å². The van der Waals surface area contributed by atoms with Gasteiger partial charge in [0.05, 0.1) is 4.92 Å². The van der Waals surface area contributed by atoms with Gasteiger partial charge in [0.25, 0.3) is 5.69 Å². The van der Waals surface area contributed by atoms with Crippen LogP contribution >= 0.6 is 0 Å². The first kappa shape index (κ1) is 19.5. The van der Waals surface area contributed by atoms with E-state index in [0.29, 0.717) is 0 Å². The molecule has 0 bridgehead atoms. The van der Waals surface area contributed by atoms with Gasteiger partial charge in [-0.25, -0.2) is 8.78 Å². The molecule has 0 amide bonds. The van der Waals surface area contributed by atoms with Crippen molar-refractivity contribution in [1.29, 1.82) is 0 Å². The standard InChI is InChI=1S/C12H7F2NO3.2C2H6/c13-10-2-1-3-11(14)12(10)18-9-6-4-8(5-7-9)15(16)17;2*1-2/h1-7H;2*1-2H3. The van der Waals surface area contributed by atoms with Gasteiger partial charge in [0.2, 0.25) is 0 Å². The summed E-state index contributed by atoms with van der Waals surface area (Å²) in [7, 11) is 0. The van der Waals surface area contributed by atoms with Crippen molar-refractivity contribution in [2.75, 3.05) is 0 Å². The van der Waals surface area contributed by atoms with Crippen LogP contribution in [0.1, 0.15) is 27.7 Å². The average molecular weight is 311 g/mol. The molecule has 0 saturated carbocycles. The van der Waals surface area contributed by atoms with Crippen molar-refractivity contribution in [2.45, 2.75) is 27.7 Å². The number of nitro groups is 1. The minimum Gasteiger partial charge on any atom is -0.451 e.